The quantitative estimate of drug-likeness (QED) is 0.663. The summed E-state index contributed by atoms with van der Waals surface area (Å²) in [6, 6.07) is 12.9. The maximum atomic E-state index is 14.8. The number of allylic oxidation sites excluding steroid dienone is 1. The Kier molecular flexibility index (Phi) is 4.46. The van der Waals surface area contributed by atoms with Crippen molar-refractivity contribution in [3.8, 4) is 5.75 Å². The third-order valence-corrected chi connectivity index (χ3v) is 4.40. The lowest BCUT2D eigenvalue weighted by molar-refractivity contribution is 0.417. The third-order valence-electron chi connectivity index (χ3n) is 4.40. The van der Waals surface area contributed by atoms with Gasteiger partial charge in [-0.2, -0.15) is 4.98 Å². The van der Waals surface area contributed by atoms with E-state index < -0.39 is 0 Å². The van der Waals surface area contributed by atoms with Gasteiger partial charge in [-0.05, 0) is 43.2 Å². The van der Waals surface area contributed by atoms with Gasteiger partial charge in [0.15, 0.2) is 5.82 Å². The molecule has 0 bridgehead atoms. The summed E-state index contributed by atoms with van der Waals surface area (Å²) in [7, 11) is 1.60. The van der Waals surface area contributed by atoms with E-state index in [1.54, 1.807) is 25.4 Å². The van der Waals surface area contributed by atoms with Gasteiger partial charge in [0.25, 0.3) is 0 Å². The molecule has 1 aromatic heterocycles. The normalized spacial score (nSPS) is 12.3. The molecule has 136 valence electrons. The largest absolute Gasteiger partial charge is 0.495 e. The van der Waals surface area contributed by atoms with Crippen molar-refractivity contribution in [2.45, 2.75) is 13.3 Å². The van der Waals surface area contributed by atoms with E-state index in [9.17, 15) is 4.39 Å². The summed E-state index contributed by atoms with van der Waals surface area (Å²) in [5.74, 6) is 1.32. The molecule has 0 atom stereocenters. The predicted octanol–water partition coefficient (Wildman–Crippen LogP) is 5.07. The van der Waals surface area contributed by atoms with Crippen LogP contribution in [-0.4, -0.2) is 17.1 Å². The minimum absolute atomic E-state index is 0.262. The number of nitrogens with zero attached hydrogens (tertiary/aromatic N) is 2. The molecule has 1 heterocycles. The monoisotopic (exact) mass is 362 g/mol. The first kappa shape index (κ1) is 17.0. The second-order valence-electron chi connectivity index (χ2n) is 6.38. The third kappa shape index (κ3) is 3.46. The molecule has 27 heavy (non-hydrogen) atoms. The van der Waals surface area contributed by atoms with Gasteiger partial charge in [-0.1, -0.05) is 29.8 Å². The fourth-order valence-corrected chi connectivity index (χ4v) is 3.13. The SMILES string of the molecule is COc1ccccc1Nc1nccc(Nc2ccc3c(c2F)C=C(C)C3)n1. The number of nitrogens with one attached hydrogen (secondary N) is 2. The van der Waals surface area contributed by atoms with Gasteiger partial charge in [0, 0.05) is 11.8 Å². The zero-order valence-electron chi connectivity index (χ0n) is 15.1. The Morgan fingerprint density at radius 2 is 1.89 bits per heavy atom. The fourth-order valence-electron chi connectivity index (χ4n) is 3.13. The molecule has 1 aliphatic carbocycles. The van der Waals surface area contributed by atoms with Crippen LogP contribution in [0.2, 0.25) is 0 Å². The molecule has 2 N–H and O–H groups in total. The number of hydrogen-bond donors (Lipinski definition) is 2. The highest BCUT2D eigenvalue weighted by atomic mass is 19.1. The average Bonchev–Trinajstić information content (AvgIpc) is 3.06. The molecule has 2 aromatic carbocycles. The van der Waals surface area contributed by atoms with Crippen molar-refractivity contribution < 1.29 is 9.13 Å². The van der Waals surface area contributed by atoms with Crippen LogP contribution in [0, 0.1) is 5.82 Å². The molecule has 0 unspecified atom stereocenters. The van der Waals surface area contributed by atoms with Crippen LogP contribution >= 0.6 is 0 Å². The summed E-state index contributed by atoms with van der Waals surface area (Å²) in [5, 5.41) is 6.17. The Labute approximate surface area is 156 Å². The van der Waals surface area contributed by atoms with E-state index in [1.807, 2.05) is 43.3 Å². The number of halogens is 1. The van der Waals surface area contributed by atoms with Gasteiger partial charge in [0.2, 0.25) is 5.95 Å². The van der Waals surface area contributed by atoms with E-state index in [4.69, 9.17) is 4.74 Å². The van der Waals surface area contributed by atoms with Crippen molar-refractivity contribution in [1.82, 2.24) is 9.97 Å². The predicted molar refractivity (Wildman–Crippen MR) is 105 cm³/mol. The zero-order chi connectivity index (χ0) is 18.8. The Bertz CT molecular complexity index is 1030. The smallest absolute Gasteiger partial charge is 0.229 e. The number of aromatic nitrogens is 2. The lowest BCUT2D eigenvalue weighted by Gasteiger charge is -2.12. The van der Waals surface area contributed by atoms with Gasteiger partial charge < -0.3 is 15.4 Å². The fraction of sp³-hybridized carbons (Fsp3) is 0.143. The standard InChI is InChI=1S/C21H19FN4O/c1-13-11-14-7-8-17(20(22)15(14)12-13)24-19-9-10-23-21(26-19)25-16-5-3-4-6-18(16)27-2/h3-10,12H,11H2,1-2H3,(H2,23,24,25,26). The van der Waals surface area contributed by atoms with Gasteiger partial charge >= 0.3 is 0 Å². The van der Waals surface area contributed by atoms with Crippen molar-refractivity contribution in [2.75, 3.05) is 17.7 Å². The zero-order valence-corrected chi connectivity index (χ0v) is 15.1. The number of ether oxygens (including phenoxy) is 1. The molecule has 0 fully saturated rings. The van der Waals surface area contributed by atoms with E-state index in [0.717, 1.165) is 23.2 Å². The molecule has 3 aromatic rings. The number of fused-ring (bicyclic) bond motifs is 1. The Balaban J connectivity index is 1.58. The number of methoxy groups -OCH3 is 1. The topological polar surface area (TPSA) is 59.1 Å². The average molecular weight is 362 g/mol. The second kappa shape index (κ2) is 7.07. The number of hydrogen-bond acceptors (Lipinski definition) is 5. The van der Waals surface area contributed by atoms with E-state index in [1.165, 1.54) is 0 Å². The number of para-hydroxylation sites is 2. The van der Waals surface area contributed by atoms with Crippen LogP contribution in [0.5, 0.6) is 5.75 Å². The summed E-state index contributed by atoms with van der Waals surface area (Å²) in [5.41, 5.74) is 3.96. The summed E-state index contributed by atoms with van der Waals surface area (Å²) < 4.78 is 20.1. The molecule has 0 aliphatic heterocycles. The number of benzene rings is 2. The highest BCUT2D eigenvalue weighted by Crippen LogP contribution is 2.32. The van der Waals surface area contributed by atoms with Gasteiger partial charge in [-0.25, -0.2) is 9.37 Å². The number of rotatable bonds is 5. The van der Waals surface area contributed by atoms with Crippen LogP contribution in [0.3, 0.4) is 0 Å². The van der Waals surface area contributed by atoms with Crippen molar-refractivity contribution >= 4 is 29.2 Å². The van der Waals surface area contributed by atoms with Gasteiger partial charge in [-0.3, -0.25) is 0 Å². The first-order chi connectivity index (χ1) is 13.1. The molecule has 0 amide bonds. The summed E-state index contributed by atoms with van der Waals surface area (Å²) in [4.78, 5) is 8.64. The first-order valence-corrected chi connectivity index (χ1v) is 8.62. The lowest BCUT2D eigenvalue weighted by atomic mass is 10.1. The maximum Gasteiger partial charge on any atom is 0.229 e. The minimum Gasteiger partial charge on any atom is -0.495 e. The van der Waals surface area contributed by atoms with Crippen molar-refractivity contribution in [2.24, 2.45) is 0 Å². The Hall–Kier alpha value is -3.41. The van der Waals surface area contributed by atoms with Gasteiger partial charge in [0.1, 0.15) is 11.6 Å². The van der Waals surface area contributed by atoms with Crippen LogP contribution in [0.25, 0.3) is 6.08 Å². The molecule has 0 saturated heterocycles. The molecular weight excluding hydrogens is 343 g/mol. The molecule has 0 spiro atoms. The van der Waals surface area contributed by atoms with Gasteiger partial charge in [0.05, 0.1) is 18.5 Å². The maximum absolute atomic E-state index is 14.8. The molecule has 0 saturated carbocycles. The molecule has 4 rings (SSSR count). The van der Waals surface area contributed by atoms with Crippen molar-refractivity contribution in [1.29, 1.82) is 0 Å². The van der Waals surface area contributed by atoms with E-state index in [2.05, 4.69) is 20.6 Å². The first-order valence-electron chi connectivity index (χ1n) is 8.62. The van der Waals surface area contributed by atoms with Crippen LogP contribution in [-0.2, 0) is 6.42 Å². The number of anilines is 4. The van der Waals surface area contributed by atoms with Crippen molar-refractivity contribution in [3.05, 3.63) is 71.2 Å². The van der Waals surface area contributed by atoms with E-state index >= 15 is 0 Å². The summed E-state index contributed by atoms with van der Waals surface area (Å²) in [6.45, 7) is 2.01. The highest BCUT2D eigenvalue weighted by molar-refractivity contribution is 5.71. The van der Waals surface area contributed by atoms with Gasteiger partial charge in [-0.15, -0.1) is 0 Å². The van der Waals surface area contributed by atoms with Crippen LogP contribution in [0.15, 0.2) is 54.2 Å². The lowest BCUT2D eigenvalue weighted by Crippen LogP contribution is -2.03. The molecule has 6 heteroatoms. The van der Waals surface area contributed by atoms with E-state index in [-0.39, 0.29) is 5.82 Å². The highest BCUT2D eigenvalue weighted by Gasteiger charge is 2.17. The molecular formula is C21H19FN4O. The minimum atomic E-state index is -0.262. The molecule has 0 radical (unpaired) electrons. The van der Waals surface area contributed by atoms with Crippen LogP contribution in [0.4, 0.5) is 27.5 Å². The molecule has 5 nitrogen and oxygen atoms in total. The van der Waals surface area contributed by atoms with Crippen molar-refractivity contribution in [3.63, 3.8) is 0 Å². The van der Waals surface area contributed by atoms with Crippen LogP contribution < -0.4 is 15.4 Å². The van der Waals surface area contributed by atoms with E-state index in [0.29, 0.717) is 28.8 Å². The summed E-state index contributed by atoms with van der Waals surface area (Å²) in [6.07, 6.45) is 4.31. The Morgan fingerprint density at radius 3 is 2.74 bits per heavy atom. The molecule has 1 aliphatic rings. The summed E-state index contributed by atoms with van der Waals surface area (Å²) >= 11 is 0. The van der Waals surface area contributed by atoms with Crippen LogP contribution in [0.1, 0.15) is 18.1 Å². The Morgan fingerprint density at radius 1 is 1.04 bits per heavy atom. The second-order valence-corrected chi connectivity index (χ2v) is 6.38.